The van der Waals surface area contributed by atoms with Crippen LogP contribution in [0.5, 0.6) is 0 Å². The zero-order chi connectivity index (χ0) is 17.4. The highest BCUT2D eigenvalue weighted by Crippen LogP contribution is 2.39. The molecule has 2 aromatic rings. The highest BCUT2D eigenvalue weighted by molar-refractivity contribution is 5.97. The molecule has 0 radical (unpaired) electrons. The van der Waals surface area contributed by atoms with E-state index in [1.165, 1.54) is 22.3 Å². The first-order valence-electron chi connectivity index (χ1n) is 8.69. The van der Waals surface area contributed by atoms with Crippen molar-refractivity contribution in [1.82, 2.24) is 4.90 Å². The second kappa shape index (κ2) is 6.34. The van der Waals surface area contributed by atoms with Gasteiger partial charge in [-0.05, 0) is 59.8 Å². The Labute approximate surface area is 147 Å². The maximum absolute atomic E-state index is 11.5. The summed E-state index contributed by atoms with van der Waals surface area (Å²) >= 11 is 0. The molecule has 0 saturated carbocycles. The van der Waals surface area contributed by atoms with Gasteiger partial charge in [0.15, 0.2) is 0 Å². The minimum atomic E-state index is -0.878. The van der Waals surface area contributed by atoms with Crippen LogP contribution in [-0.2, 0) is 0 Å². The third kappa shape index (κ3) is 2.92. The summed E-state index contributed by atoms with van der Waals surface area (Å²) in [5.74, 6) is -0.878. The van der Waals surface area contributed by atoms with Crippen molar-refractivity contribution in [2.75, 3.05) is 20.1 Å². The van der Waals surface area contributed by atoms with Crippen molar-refractivity contribution in [3.05, 3.63) is 75.9 Å². The van der Waals surface area contributed by atoms with Gasteiger partial charge in [-0.15, -0.1) is 0 Å². The largest absolute Gasteiger partial charge is 0.478 e. The molecule has 25 heavy (non-hydrogen) atoms. The molecule has 1 saturated heterocycles. The normalized spacial score (nSPS) is 17.0. The monoisotopic (exact) mass is 331 g/mol. The number of fused-ring (bicyclic) bond motifs is 2. The molecule has 1 heterocycles. The van der Waals surface area contributed by atoms with Crippen LogP contribution in [0.15, 0.2) is 48.0 Å². The van der Waals surface area contributed by atoms with Gasteiger partial charge in [0.1, 0.15) is 0 Å². The quantitative estimate of drug-likeness (QED) is 0.719. The number of hydrogen-bond donors (Lipinski definition) is 1. The summed E-state index contributed by atoms with van der Waals surface area (Å²) in [6, 6.07) is 13.9. The van der Waals surface area contributed by atoms with Crippen molar-refractivity contribution < 1.29 is 9.90 Å². The maximum Gasteiger partial charge on any atom is 0.335 e. The number of nitrogens with zero attached hydrogens (tertiary/aromatic N) is 1. The van der Waals surface area contributed by atoms with Crippen molar-refractivity contribution in [3.8, 4) is 0 Å². The lowest BCUT2D eigenvalue weighted by Gasteiger charge is -2.27. The molecule has 1 N–H and O–H groups in total. The van der Waals surface area contributed by atoms with E-state index >= 15 is 0 Å². The average molecular weight is 331 g/mol. The number of aromatic carboxylic acids is 1. The molecule has 0 aromatic heterocycles. The van der Waals surface area contributed by atoms with Crippen molar-refractivity contribution in [3.63, 3.8) is 0 Å². The van der Waals surface area contributed by atoms with E-state index < -0.39 is 5.97 Å². The number of carbonyl (C=O) groups is 1. The summed E-state index contributed by atoms with van der Waals surface area (Å²) in [6.07, 6.45) is 6.28. The van der Waals surface area contributed by atoms with Crippen LogP contribution in [-0.4, -0.2) is 36.1 Å². The Balaban J connectivity index is 1.98. The summed E-state index contributed by atoms with van der Waals surface area (Å²) in [5.41, 5.74) is 7.53. The molecule has 1 fully saturated rings. The van der Waals surface area contributed by atoms with Gasteiger partial charge in [0.2, 0.25) is 0 Å². The van der Waals surface area contributed by atoms with Crippen molar-refractivity contribution >= 4 is 23.7 Å². The SMILES string of the molecule is CN1CCC(=C2c3ccccc3C=Cc3ccc(C(=O)O)cc32)CC1. The number of carboxylic acids is 1. The topological polar surface area (TPSA) is 40.5 Å². The van der Waals surface area contributed by atoms with Gasteiger partial charge in [-0.1, -0.05) is 48.1 Å². The number of piperidine rings is 1. The molecular formula is C22H21NO2. The Hall–Kier alpha value is -2.65. The van der Waals surface area contributed by atoms with Gasteiger partial charge in [-0.3, -0.25) is 0 Å². The first-order valence-corrected chi connectivity index (χ1v) is 8.69. The number of carboxylic acid groups (broad SMARTS) is 1. The smallest absolute Gasteiger partial charge is 0.335 e. The molecule has 0 atom stereocenters. The van der Waals surface area contributed by atoms with E-state index in [-0.39, 0.29) is 0 Å². The van der Waals surface area contributed by atoms with E-state index in [4.69, 9.17) is 0 Å². The molecule has 0 spiro atoms. The Bertz CT molecular complexity index is 898. The minimum Gasteiger partial charge on any atom is -0.478 e. The zero-order valence-electron chi connectivity index (χ0n) is 14.3. The van der Waals surface area contributed by atoms with Crippen LogP contribution in [0.3, 0.4) is 0 Å². The third-order valence-corrected chi connectivity index (χ3v) is 5.19. The summed E-state index contributed by atoms with van der Waals surface area (Å²) in [7, 11) is 2.15. The lowest BCUT2D eigenvalue weighted by atomic mass is 9.85. The van der Waals surface area contributed by atoms with Crippen LogP contribution in [0, 0.1) is 0 Å². The first-order chi connectivity index (χ1) is 12.1. The third-order valence-electron chi connectivity index (χ3n) is 5.19. The van der Waals surface area contributed by atoms with Gasteiger partial charge in [0.25, 0.3) is 0 Å². The van der Waals surface area contributed by atoms with Crippen LogP contribution in [0.4, 0.5) is 0 Å². The van der Waals surface area contributed by atoms with Crippen LogP contribution in [0.25, 0.3) is 17.7 Å². The lowest BCUT2D eigenvalue weighted by molar-refractivity contribution is 0.0697. The molecule has 0 unspecified atom stereocenters. The van der Waals surface area contributed by atoms with E-state index in [0.717, 1.165) is 37.1 Å². The molecule has 1 aliphatic carbocycles. The van der Waals surface area contributed by atoms with Crippen molar-refractivity contribution in [2.45, 2.75) is 12.8 Å². The molecule has 3 heteroatoms. The Kier molecular flexibility index (Phi) is 4.02. The number of rotatable bonds is 1. The molecular weight excluding hydrogens is 310 g/mol. The van der Waals surface area contributed by atoms with E-state index in [2.05, 4.69) is 48.4 Å². The van der Waals surface area contributed by atoms with Gasteiger partial charge in [0, 0.05) is 13.1 Å². The highest BCUT2D eigenvalue weighted by Gasteiger charge is 2.22. The standard InChI is InChI=1S/C22H21NO2/c1-23-12-10-17(11-13-23)21-19-5-3-2-4-15(19)6-7-16-8-9-18(22(24)25)14-20(16)21/h2-9,14H,10-13H2,1H3,(H,24,25). The van der Waals surface area contributed by atoms with Gasteiger partial charge < -0.3 is 10.0 Å². The van der Waals surface area contributed by atoms with Crippen molar-refractivity contribution in [1.29, 1.82) is 0 Å². The van der Waals surface area contributed by atoms with Crippen molar-refractivity contribution in [2.24, 2.45) is 0 Å². The summed E-state index contributed by atoms with van der Waals surface area (Å²) in [4.78, 5) is 13.9. The molecule has 1 aliphatic heterocycles. The number of benzene rings is 2. The van der Waals surface area contributed by atoms with Crippen LogP contribution >= 0.6 is 0 Å². The molecule has 0 bridgehead atoms. The fourth-order valence-corrected chi connectivity index (χ4v) is 3.77. The van der Waals surface area contributed by atoms with Gasteiger partial charge >= 0.3 is 5.97 Å². The molecule has 126 valence electrons. The second-order valence-electron chi connectivity index (χ2n) is 6.81. The molecule has 2 aromatic carbocycles. The minimum absolute atomic E-state index is 0.345. The average Bonchev–Trinajstić information content (AvgIpc) is 2.79. The zero-order valence-corrected chi connectivity index (χ0v) is 14.3. The second-order valence-corrected chi connectivity index (χ2v) is 6.81. The van der Waals surface area contributed by atoms with E-state index in [9.17, 15) is 9.90 Å². The summed E-state index contributed by atoms with van der Waals surface area (Å²) in [6.45, 7) is 2.09. The fourth-order valence-electron chi connectivity index (χ4n) is 3.77. The molecule has 2 aliphatic rings. The molecule has 4 rings (SSSR count). The van der Waals surface area contributed by atoms with E-state index in [0.29, 0.717) is 5.56 Å². The number of hydrogen-bond acceptors (Lipinski definition) is 2. The predicted octanol–water partition coefficient (Wildman–Crippen LogP) is 4.40. The highest BCUT2D eigenvalue weighted by atomic mass is 16.4. The van der Waals surface area contributed by atoms with Gasteiger partial charge in [0.05, 0.1) is 5.56 Å². The lowest BCUT2D eigenvalue weighted by Crippen LogP contribution is -2.27. The fraction of sp³-hybridized carbons (Fsp3) is 0.227. The van der Waals surface area contributed by atoms with Crippen LogP contribution < -0.4 is 0 Å². The Morgan fingerprint density at radius 1 is 0.960 bits per heavy atom. The maximum atomic E-state index is 11.5. The predicted molar refractivity (Wildman–Crippen MR) is 102 cm³/mol. The first kappa shape index (κ1) is 15.9. The van der Waals surface area contributed by atoms with Gasteiger partial charge in [-0.25, -0.2) is 4.79 Å². The van der Waals surface area contributed by atoms with E-state index in [1.807, 2.05) is 12.1 Å². The van der Waals surface area contributed by atoms with Crippen LogP contribution in [0.2, 0.25) is 0 Å². The van der Waals surface area contributed by atoms with Gasteiger partial charge in [-0.2, -0.15) is 0 Å². The van der Waals surface area contributed by atoms with Crippen LogP contribution in [0.1, 0.15) is 45.5 Å². The number of likely N-dealkylation sites (tertiary alicyclic amines) is 1. The Morgan fingerprint density at radius 2 is 1.64 bits per heavy atom. The molecule has 3 nitrogen and oxygen atoms in total. The summed E-state index contributed by atoms with van der Waals surface area (Å²) in [5, 5.41) is 9.44. The van der Waals surface area contributed by atoms with E-state index in [1.54, 1.807) is 6.07 Å². The Morgan fingerprint density at radius 3 is 2.36 bits per heavy atom. The summed E-state index contributed by atoms with van der Waals surface area (Å²) < 4.78 is 0. The molecule has 0 amide bonds.